The summed E-state index contributed by atoms with van der Waals surface area (Å²) in [5.41, 5.74) is 6.40. The number of carbonyl (C=O) groups is 1. The molecule has 6 nitrogen and oxygen atoms in total. The number of piperazine rings is 1. The lowest BCUT2D eigenvalue weighted by Crippen LogP contribution is -2.60. The van der Waals surface area contributed by atoms with Crippen LogP contribution in [0.5, 0.6) is 0 Å². The van der Waals surface area contributed by atoms with Crippen molar-refractivity contribution in [2.24, 2.45) is 5.73 Å². The number of nitrogens with zero attached hydrogens (tertiary/aromatic N) is 4. The lowest BCUT2D eigenvalue weighted by molar-refractivity contribution is -0.124. The fourth-order valence-electron chi connectivity index (χ4n) is 2.44. The van der Waals surface area contributed by atoms with Crippen LogP contribution in [0.15, 0.2) is 12.1 Å². The van der Waals surface area contributed by atoms with Crippen LogP contribution in [0.3, 0.4) is 0 Å². The van der Waals surface area contributed by atoms with Gasteiger partial charge in [-0.15, -0.1) is 5.10 Å². The summed E-state index contributed by atoms with van der Waals surface area (Å²) in [5, 5.41) is 8.23. The zero-order chi connectivity index (χ0) is 14.0. The van der Waals surface area contributed by atoms with E-state index < -0.39 is 0 Å². The summed E-state index contributed by atoms with van der Waals surface area (Å²) in [6, 6.07) is 3.91. The molecule has 0 aliphatic carbocycles. The minimum atomic E-state index is -0.279. The molecular formula is C13H21N5O. The fourth-order valence-corrected chi connectivity index (χ4v) is 2.44. The molecule has 1 fully saturated rings. The molecular weight excluding hydrogens is 242 g/mol. The van der Waals surface area contributed by atoms with Gasteiger partial charge in [-0.05, 0) is 32.9 Å². The van der Waals surface area contributed by atoms with E-state index in [1.54, 1.807) is 0 Å². The van der Waals surface area contributed by atoms with Crippen molar-refractivity contribution < 1.29 is 4.79 Å². The Kier molecular flexibility index (Phi) is 3.99. The molecule has 104 valence electrons. The maximum atomic E-state index is 11.6. The highest BCUT2D eigenvalue weighted by Crippen LogP contribution is 2.18. The summed E-state index contributed by atoms with van der Waals surface area (Å²) >= 11 is 0. The van der Waals surface area contributed by atoms with Crippen LogP contribution in [0.25, 0.3) is 0 Å². The monoisotopic (exact) mass is 263 g/mol. The number of nitrogens with two attached hydrogens (primary N) is 1. The number of anilines is 1. The number of hydrogen-bond acceptors (Lipinski definition) is 5. The first-order valence-corrected chi connectivity index (χ1v) is 6.59. The van der Waals surface area contributed by atoms with Crippen LogP contribution in [-0.4, -0.2) is 52.7 Å². The van der Waals surface area contributed by atoms with Gasteiger partial charge in [-0.3, -0.25) is 9.69 Å². The molecule has 1 unspecified atom stereocenters. The highest BCUT2D eigenvalue weighted by molar-refractivity contribution is 5.81. The molecule has 1 aromatic rings. The van der Waals surface area contributed by atoms with Crippen molar-refractivity contribution in [3.05, 3.63) is 17.8 Å². The first-order chi connectivity index (χ1) is 8.99. The van der Waals surface area contributed by atoms with Crippen LogP contribution >= 0.6 is 0 Å². The largest absolute Gasteiger partial charge is 0.368 e. The third-order valence-electron chi connectivity index (χ3n) is 3.52. The Labute approximate surface area is 113 Å². The lowest BCUT2D eigenvalue weighted by atomic mass is 10.1. The molecule has 0 saturated carbocycles. The molecule has 2 rings (SSSR count). The molecule has 1 saturated heterocycles. The van der Waals surface area contributed by atoms with Crippen LogP contribution in [0.4, 0.5) is 5.82 Å². The number of carbonyl (C=O) groups excluding carboxylic acids is 1. The molecule has 6 heteroatoms. The SMILES string of the molecule is Cc1ccc(N2CCN(C(C)C)C(C(N)=O)C2)nn1. The predicted molar refractivity (Wildman–Crippen MR) is 73.8 cm³/mol. The topological polar surface area (TPSA) is 75.3 Å². The minimum Gasteiger partial charge on any atom is -0.368 e. The fraction of sp³-hybridized carbons (Fsp3) is 0.615. The van der Waals surface area contributed by atoms with E-state index in [4.69, 9.17) is 5.73 Å². The first-order valence-electron chi connectivity index (χ1n) is 6.59. The Balaban J connectivity index is 2.14. The van der Waals surface area contributed by atoms with Gasteiger partial charge in [0.25, 0.3) is 0 Å². The third kappa shape index (κ3) is 3.01. The van der Waals surface area contributed by atoms with Crippen LogP contribution in [0.2, 0.25) is 0 Å². The molecule has 19 heavy (non-hydrogen) atoms. The molecule has 1 amide bonds. The highest BCUT2D eigenvalue weighted by atomic mass is 16.1. The Morgan fingerprint density at radius 2 is 2.11 bits per heavy atom. The van der Waals surface area contributed by atoms with Crippen LogP contribution in [0, 0.1) is 6.92 Å². The number of hydrogen-bond donors (Lipinski definition) is 1. The number of amides is 1. The molecule has 1 aliphatic rings. The zero-order valence-electron chi connectivity index (χ0n) is 11.7. The van der Waals surface area contributed by atoms with E-state index in [1.165, 1.54) is 0 Å². The standard InChI is InChI=1S/C13H21N5O/c1-9(2)18-7-6-17(8-11(18)13(14)19)12-5-4-10(3)15-16-12/h4-5,9,11H,6-8H2,1-3H3,(H2,14,19). The average Bonchev–Trinajstić information content (AvgIpc) is 2.38. The normalized spacial score (nSPS) is 20.8. The predicted octanol–water partition coefficient (Wildman–Crippen LogP) is 0.169. The lowest BCUT2D eigenvalue weighted by Gasteiger charge is -2.42. The molecule has 1 atom stereocenters. The third-order valence-corrected chi connectivity index (χ3v) is 3.52. The molecule has 0 bridgehead atoms. The van der Waals surface area contributed by atoms with Crippen LogP contribution < -0.4 is 10.6 Å². The van der Waals surface area contributed by atoms with E-state index in [1.807, 2.05) is 19.1 Å². The second-order valence-corrected chi connectivity index (χ2v) is 5.23. The van der Waals surface area contributed by atoms with E-state index >= 15 is 0 Å². The molecule has 0 aromatic carbocycles. The number of aromatic nitrogens is 2. The quantitative estimate of drug-likeness (QED) is 0.841. The second-order valence-electron chi connectivity index (χ2n) is 5.23. The van der Waals surface area contributed by atoms with Gasteiger partial charge in [-0.2, -0.15) is 5.10 Å². The van der Waals surface area contributed by atoms with Gasteiger partial charge in [0.15, 0.2) is 5.82 Å². The van der Waals surface area contributed by atoms with Crippen molar-refractivity contribution in [2.45, 2.75) is 32.9 Å². The summed E-state index contributed by atoms with van der Waals surface area (Å²) < 4.78 is 0. The van der Waals surface area contributed by atoms with Crippen molar-refractivity contribution in [1.82, 2.24) is 15.1 Å². The van der Waals surface area contributed by atoms with E-state index in [2.05, 4.69) is 33.8 Å². The smallest absolute Gasteiger partial charge is 0.236 e. The van der Waals surface area contributed by atoms with E-state index in [-0.39, 0.29) is 11.9 Å². The highest BCUT2D eigenvalue weighted by Gasteiger charge is 2.32. The number of rotatable bonds is 3. The number of primary amides is 1. The number of aryl methyl sites for hydroxylation is 1. The van der Waals surface area contributed by atoms with Crippen molar-refractivity contribution in [2.75, 3.05) is 24.5 Å². The molecule has 0 radical (unpaired) electrons. The van der Waals surface area contributed by atoms with Crippen LogP contribution in [0.1, 0.15) is 19.5 Å². The molecule has 2 heterocycles. The summed E-state index contributed by atoms with van der Waals surface area (Å²) in [6.45, 7) is 8.28. The average molecular weight is 263 g/mol. The van der Waals surface area contributed by atoms with Crippen molar-refractivity contribution in [3.63, 3.8) is 0 Å². The minimum absolute atomic E-state index is 0.267. The van der Waals surface area contributed by atoms with Gasteiger partial charge >= 0.3 is 0 Å². The molecule has 0 spiro atoms. The zero-order valence-corrected chi connectivity index (χ0v) is 11.7. The van der Waals surface area contributed by atoms with Crippen molar-refractivity contribution in [1.29, 1.82) is 0 Å². The van der Waals surface area contributed by atoms with Crippen molar-refractivity contribution >= 4 is 11.7 Å². The van der Waals surface area contributed by atoms with Gasteiger partial charge in [0.05, 0.1) is 5.69 Å². The van der Waals surface area contributed by atoms with Gasteiger partial charge in [0, 0.05) is 25.7 Å². The van der Waals surface area contributed by atoms with Gasteiger partial charge in [0.2, 0.25) is 5.91 Å². The molecule has 1 aromatic heterocycles. The van der Waals surface area contributed by atoms with Crippen LogP contribution in [-0.2, 0) is 4.79 Å². The van der Waals surface area contributed by atoms with Gasteiger partial charge in [-0.25, -0.2) is 0 Å². The summed E-state index contributed by atoms with van der Waals surface area (Å²) in [5.74, 6) is 0.527. The summed E-state index contributed by atoms with van der Waals surface area (Å²) in [7, 11) is 0. The first kappa shape index (κ1) is 13.7. The Morgan fingerprint density at radius 3 is 2.63 bits per heavy atom. The van der Waals surface area contributed by atoms with Gasteiger partial charge < -0.3 is 10.6 Å². The van der Waals surface area contributed by atoms with E-state index in [0.29, 0.717) is 12.6 Å². The Bertz CT molecular complexity index is 445. The van der Waals surface area contributed by atoms with Gasteiger partial charge in [0.1, 0.15) is 6.04 Å². The molecule has 1 aliphatic heterocycles. The van der Waals surface area contributed by atoms with Crippen molar-refractivity contribution in [3.8, 4) is 0 Å². The van der Waals surface area contributed by atoms with E-state index in [0.717, 1.165) is 24.6 Å². The summed E-state index contributed by atoms with van der Waals surface area (Å²) in [6.07, 6.45) is 0. The Morgan fingerprint density at radius 1 is 1.37 bits per heavy atom. The Hall–Kier alpha value is -1.69. The second kappa shape index (κ2) is 5.52. The maximum Gasteiger partial charge on any atom is 0.236 e. The van der Waals surface area contributed by atoms with Gasteiger partial charge in [-0.1, -0.05) is 0 Å². The van der Waals surface area contributed by atoms with E-state index in [9.17, 15) is 4.79 Å². The molecule has 2 N–H and O–H groups in total. The maximum absolute atomic E-state index is 11.6. The summed E-state index contributed by atoms with van der Waals surface area (Å²) in [4.78, 5) is 15.8.